The lowest BCUT2D eigenvalue weighted by Crippen LogP contribution is -2.13. The number of nitrogens with one attached hydrogen (secondary N) is 1. The van der Waals surface area contributed by atoms with Gasteiger partial charge in [0.15, 0.2) is 5.69 Å². The van der Waals surface area contributed by atoms with Crippen molar-refractivity contribution >= 4 is 17.6 Å². The molecule has 1 amide bonds. The second kappa shape index (κ2) is 4.59. The number of aryl methyl sites for hydroxylation is 1. The predicted molar refractivity (Wildman–Crippen MR) is 53.5 cm³/mol. The first kappa shape index (κ1) is 11.2. The highest BCUT2D eigenvalue weighted by Crippen LogP contribution is 2.14. The molecule has 0 spiro atoms. The van der Waals surface area contributed by atoms with Crippen molar-refractivity contribution in [1.82, 2.24) is 9.78 Å². The summed E-state index contributed by atoms with van der Waals surface area (Å²) >= 11 is 0. The van der Waals surface area contributed by atoms with Gasteiger partial charge >= 0.3 is 5.97 Å². The molecule has 0 aliphatic rings. The second-order valence-electron chi connectivity index (χ2n) is 2.96. The molecule has 6 nitrogen and oxygen atoms in total. The number of hydrogen-bond donors (Lipinski definition) is 1. The maximum absolute atomic E-state index is 11.3. The quantitative estimate of drug-likeness (QED) is 0.741. The van der Waals surface area contributed by atoms with Crippen molar-refractivity contribution in [2.45, 2.75) is 13.3 Å². The monoisotopic (exact) mass is 211 g/mol. The van der Waals surface area contributed by atoms with Crippen molar-refractivity contribution < 1.29 is 14.3 Å². The number of rotatable bonds is 3. The Morgan fingerprint density at radius 1 is 1.60 bits per heavy atom. The molecule has 1 aromatic heterocycles. The Labute approximate surface area is 87.2 Å². The molecule has 15 heavy (non-hydrogen) atoms. The topological polar surface area (TPSA) is 73.2 Å². The van der Waals surface area contributed by atoms with Gasteiger partial charge in [0.25, 0.3) is 0 Å². The molecule has 1 rings (SSSR count). The van der Waals surface area contributed by atoms with Crippen LogP contribution in [0, 0.1) is 0 Å². The largest absolute Gasteiger partial charge is 0.464 e. The molecule has 0 atom stereocenters. The van der Waals surface area contributed by atoms with E-state index in [0.717, 1.165) is 0 Å². The summed E-state index contributed by atoms with van der Waals surface area (Å²) in [6.07, 6.45) is 1.90. The summed E-state index contributed by atoms with van der Waals surface area (Å²) in [6.45, 7) is 1.73. The Morgan fingerprint density at radius 3 is 2.80 bits per heavy atom. The van der Waals surface area contributed by atoms with Crippen molar-refractivity contribution in [2.24, 2.45) is 7.05 Å². The summed E-state index contributed by atoms with van der Waals surface area (Å²) in [5.41, 5.74) is 0.484. The number of carbonyl (C=O) groups is 2. The van der Waals surface area contributed by atoms with Crippen molar-refractivity contribution in [3.63, 3.8) is 0 Å². The van der Waals surface area contributed by atoms with Gasteiger partial charge in [-0.3, -0.25) is 9.48 Å². The molecule has 0 saturated carbocycles. The molecule has 1 aromatic rings. The van der Waals surface area contributed by atoms with Gasteiger partial charge in [0.05, 0.1) is 12.8 Å². The van der Waals surface area contributed by atoms with Crippen molar-refractivity contribution in [3.8, 4) is 0 Å². The Balaban J connectivity index is 2.96. The number of esters is 1. The highest BCUT2D eigenvalue weighted by molar-refractivity contribution is 5.99. The lowest BCUT2D eigenvalue weighted by atomic mass is 10.3. The molecule has 0 unspecified atom stereocenters. The maximum atomic E-state index is 11.3. The number of amides is 1. The van der Waals surface area contributed by atoms with E-state index in [0.29, 0.717) is 12.1 Å². The summed E-state index contributed by atoms with van der Waals surface area (Å²) in [5.74, 6) is -0.741. The second-order valence-corrected chi connectivity index (χ2v) is 2.96. The fraction of sp³-hybridized carbons (Fsp3) is 0.444. The molecule has 0 bridgehead atoms. The van der Waals surface area contributed by atoms with Gasteiger partial charge in [-0.15, -0.1) is 0 Å². The van der Waals surface area contributed by atoms with Gasteiger partial charge in [-0.2, -0.15) is 5.10 Å². The molecule has 0 aliphatic carbocycles. The van der Waals surface area contributed by atoms with E-state index in [4.69, 9.17) is 0 Å². The number of carbonyl (C=O) groups excluding carboxylic acids is 2. The van der Waals surface area contributed by atoms with Gasteiger partial charge in [0.1, 0.15) is 0 Å². The van der Waals surface area contributed by atoms with Gasteiger partial charge in [0.2, 0.25) is 5.91 Å². The third-order valence-electron chi connectivity index (χ3n) is 1.80. The first-order valence-corrected chi connectivity index (χ1v) is 4.50. The van der Waals surface area contributed by atoms with Crippen LogP contribution in [0.1, 0.15) is 23.8 Å². The van der Waals surface area contributed by atoms with E-state index in [1.807, 2.05) is 0 Å². The van der Waals surface area contributed by atoms with E-state index in [2.05, 4.69) is 15.2 Å². The van der Waals surface area contributed by atoms with Crippen LogP contribution in [0.4, 0.5) is 5.69 Å². The Morgan fingerprint density at radius 2 is 2.27 bits per heavy atom. The average molecular weight is 211 g/mol. The lowest BCUT2D eigenvalue weighted by molar-refractivity contribution is -0.115. The zero-order valence-corrected chi connectivity index (χ0v) is 8.90. The summed E-state index contributed by atoms with van der Waals surface area (Å²) in [7, 11) is 2.93. The van der Waals surface area contributed by atoms with E-state index in [1.54, 1.807) is 20.2 Å². The third kappa shape index (κ3) is 2.55. The summed E-state index contributed by atoms with van der Waals surface area (Å²) in [5, 5.41) is 6.47. The van der Waals surface area contributed by atoms with Crippen LogP contribution < -0.4 is 5.32 Å². The van der Waals surface area contributed by atoms with E-state index in [1.165, 1.54) is 11.8 Å². The van der Waals surface area contributed by atoms with Crippen LogP contribution in [0.3, 0.4) is 0 Å². The number of aromatic nitrogens is 2. The SMILES string of the molecule is CCC(=O)Nc1cn(C)nc1C(=O)OC. The minimum Gasteiger partial charge on any atom is -0.464 e. The minimum absolute atomic E-state index is 0.113. The van der Waals surface area contributed by atoms with Crippen LogP contribution in [0.5, 0.6) is 0 Å². The fourth-order valence-electron chi connectivity index (χ4n) is 1.07. The number of anilines is 1. The molecule has 82 valence electrons. The summed E-state index contributed by atoms with van der Waals surface area (Å²) in [6, 6.07) is 0. The van der Waals surface area contributed by atoms with Gasteiger partial charge in [-0.1, -0.05) is 6.92 Å². The molecule has 1 heterocycles. The van der Waals surface area contributed by atoms with Gasteiger partial charge < -0.3 is 10.1 Å². The molecule has 0 saturated heterocycles. The van der Waals surface area contributed by atoms with Crippen LogP contribution in [-0.2, 0) is 16.6 Å². The van der Waals surface area contributed by atoms with Crippen LogP contribution in [-0.4, -0.2) is 28.8 Å². The minimum atomic E-state index is -0.568. The first-order chi connectivity index (χ1) is 7.08. The van der Waals surface area contributed by atoms with E-state index < -0.39 is 5.97 Å². The normalized spacial score (nSPS) is 9.80. The molecule has 1 N–H and O–H groups in total. The van der Waals surface area contributed by atoms with Crippen molar-refractivity contribution in [1.29, 1.82) is 0 Å². The van der Waals surface area contributed by atoms with Crippen molar-refractivity contribution in [2.75, 3.05) is 12.4 Å². The van der Waals surface area contributed by atoms with Gasteiger partial charge in [0, 0.05) is 19.7 Å². The van der Waals surface area contributed by atoms with Crippen LogP contribution in [0.15, 0.2) is 6.20 Å². The highest BCUT2D eigenvalue weighted by atomic mass is 16.5. The lowest BCUT2D eigenvalue weighted by Gasteiger charge is -2.01. The highest BCUT2D eigenvalue weighted by Gasteiger charge is 2.17. The zero-order chi connectivity index (χ0) is 11.4. The molecular weight excluding hydrogens is 198 g/mol. The number of methoxy groups -OCH3 is 1. The molecule has 0 fully saturated rings. The first-order valence-electron chi connectivity index (χ1n) is 4.50. The van der Waals surface area contributed by atoms with E-state index in [-0.39, 0.29) is 11.6 Å². The van der Waals surface area contributed by atoms with Crippen LogP contribution in [0.2, 0.25) is 0 Å². The Hall–Kier alpha value is -1.85. The van der Waals surface area contributed by atoms with E-state index in [9.17, 15) is 9.59 Å². The summed E-state index contributed by atoms with van der Waals surface area (Å²) < 4.78 is 5.98. The molecule has 0 aromatic carbocycles. The molecule has 0 aliphatic heterocycles. The van der Waals surface area contributed by atoms with Crippen LogP contribution >= 0.6 is 0 Å². The predicted octanol–water partition coefficient (Wildman–Crippen LogP) is 0.555. The van der Waals surface area contributed by atoms with E-state index >= 15 is 0 Å². The standard InChI is InChI=1S/C9H13N3O3/c1-4-7(13)10-6-5-12(2)11-8(6)9(14)15-3/h5H,4H2,1-3H3,(H,10,13). The van der Waals surface area contributed by atoms with Gasteiger partial charge in [-0.05, 0) is 0 Å². The number of hydrogen-bond acceptors (Lipinski definition) is 4. The Kier molecular flexibility index (Phi) is 3.43. The zero-order valence-electron chi connectivity index (χ0n) is 8.90. The summed E-state index contributed by atoms with van der Waals surface area (Å²) in [4.78, 5) is 22.4. The van der Waals surface area contributed by atoms with Crippen molar-refractivity contribution in [3.05, 3.63) is 11.9 Å². The average Bonchev–Trinajstić information content (AvgIpc) is 2.58. The smallest absolute Gasteiger partial charge is 0.360 e. The molecule has 6 heteroatoms. The molecular formula is C9H13N3O3. The fourth-order valence-corrected chi connectivity index (χ4v) is 1.07. The number of ether oxygens (including phenoxy) is 1. The Bertz CT molecular complexity index is 384. The molecule has 0 radical (unpaired) electrons. The number of nitrogens with zero attached hydrogens (tertiary/aromatic N) is 2. The maximum Gasteiger partial charge on any atom is 0.360 e. The van der Waals surface area contributed by atoms with Crippen LogP contribution in [0.25, 0.3) is 0 Å². The van der Waals surface area contributed by atoms with Gasteiger partial charge in [-0.25, -0.2) is 4.79 Å². The third-order valence-corrected chi connectivity index (χ3v) is 1.80.